The Morgan fingerprint density at radius 3 is 2.56 bits per heavy atom. The first-order valence-corrected chi connectivity index (χ1v) is 11.1. The van der Waals surface area contributed by atoms with E-state index in [0.29, 0.717) is 18.9 Å². The summed E-state index contributed by atoms with van der Waals surface area (Å²) in [5, 5.41) is 12.5. The number of carboxylic acid groups (broad SMARTS) is 1. The maximum absolute atomic E-state index is 11.3. The Hall–Kier alpha value is -3.67. The van der Waals surface area contributed by atoms with Crippen molar-refractivity contribution in [3.63, 3.8) is 0 Å². The van der Waals surface area contributed by atoms with Crippen LogP contribution >= 0.6 is 0 Å². The van der Waals surface area contributed by atoms with Gasteiger partial charge in [-0.1, -0.05) is 48.5 Å². The molecule has 0 unspecified atom stereocenters. The standard InChI is InChI=1S/C26H26N2O4/c29-26(30)32-25-21(20-11-6-13-22(24(20)27-25)28-15-3-4-16-28)12-7-17-31-23-14-5-9-18-8-1-2-10-19(18)23/h1-2,5-6,8-11,13-14,27H,3-4,7,12,15-17H2,(H,29,30). The number of carbonyl (C=O) groups is 1. The summed E-state index contributed by atoms with van der Waals surface area (Å²) in [5.74, 6) is 1.17. The maximum Gasteiger partial charge on any atom is 0.512 e. The molecule has 6 heteroatoms. The number of aromatic amines is 1. The molecule has 0 amide bonds. The van der Waals surface area contributed by atoms with Crippen molar-refractivity contribution in [2.75, 3.05) is 24.6 Å². The Morgan fingerprint density at radius 1 is 0.969 bits per heavy atom. The number of para-hydroxylation sites is 1. The highest BCUT2D eigenvalue weighted by Gasteiger charge is 2.21. The monoisotopic (exact) mass is 430 g/mol. The van der Waals surface area contributed by atoms with Crippen LogP contribution in [0.25, 0.3) is 21.7 Å². The summed E-state index contributed by atoms with van der Waals surface area (Å²) in [5.41, 5.74) is 2.93. The Balaban J connectivity index is 1.36. The number of hydrogen-bond acceptors (Lipinski definition) is 4. The highest BCUT2D eigenvalue weighted by molar-refractivity contribution is 5.96. The van der Waals surface area contributed by atoms with Crippen molar-refractivity contribution in [3.05, 3.63) is 66.2 Å². The highest BCUT2D eigenvalue weighted by atomic mass is 16.7. The summed E-state index contributed by atoms with van der Waals surface area (Å²) in [4.78, 5) is 16.9. The van der Waals surface area contributed by atoms with Crippen LogP contribution in [0.2, 0.25) is 0 Å². The molecule has 4 aromatic rings. The van der Waals surface area contributed by atoms with E-state index in [4.69, 9.17) is 9.47 Å². The van der Waals surface area contributed by atoms with E-state index in [9.17, 15) is 9.90 Å². The first kappa shape index (κ1) is 20.2. The van der Waals surface area contributed by atoms with E-state index in [2.05, 4.69) is 34.1 Å². The fourth-order valence-corrected chi connectivity index (χ4v) is 4.63. The summed E-state index contributed by atoms with van der Waals surface area (Å²) < 4.78 is 11.2. The second kappa shape index (κ2) is 8.83. The van der Waals surface area contributed by atoms with Gasteiger partial charge in [0.25, 0.3) is 0 Å². The lowest BCUT2D eigenvalue weighted by atomic mass is 10.1. The van der Waals surface area contributed by atoms with Gasteiger partial charge in [-0.2, -0.15) is 0 Å². The minimum absolute atomic E-state index is 0.310. The van der Waals surface area contributed by atoms with E-state index in [-0.39, 0.29) is 0 Å². The number of H-pyrrole nitrogens is 1. The number of aryl methyl sites for hydroxylation is 1. The van der Waals surface area contributed by atoms with Crippen molar-refractivity contribution in [3.8, 4) is 11.6 Å². The number of ether oxygens (including phenoxy) is 2. The number of hydrogen-bond donors (Lipinski definition) is 2. The fraction of sp³-hybridized carbons (Fsp3) is 0.269. The molecule has 1 saturated heterocycles. The third-order valence-electron chi connectivity index (χ3n) is 6.09. The van der Waals surface area contributed by atoms with Gasteiger partial charge < -0.3 is 24.5 Å². The molecule has 0 saturated carbocycles. The Bertz CT molecular complexity index is 1250. The van der Waals surface area contributed by atoms with Crippen LogP contribution in [0.5, 0.6) is 11.6 Å². The van der Waals surface area contributed by atoms with Crippen molar-refractivity contribution >= 4 is 33.5 Å². The summed E-state index contributed by atoms with van der Waals surface area (Å²) in [6.45, 7) is 2.56. The van der Waals surface area contributed by atoms with Gasteiger partial charge in [-0.25, -0.2) is 4.79 Å². The molecule has 5 rings (SSSR count). The van der Waals surface area contributed by atoms with E-state index < -0.39 is 6.16 Å². The second-order valence-electron chi connectivity index (χ2n) is 8.12. The second-order valence-corrected chi connectivity index (χ2v) is 8.12. The molecular weight excluding hydrogens is 404 g/mol. The van der Waals surface area contributed by atoms with E-state index in [1.54, 1.807) is 0 Å². The normalized spacial score (nSPS) is 13.7. The quantitative estimate of drug-likeness (QED) is 0.278. The zero-order chi connectivity index (χ0) is 21.9. The van der Waals surface area contributed by atoms with E-state index in [0.717, 1.165) is 58.2 Å². The van der Waals surface area contributed by atoms with Gasteiger partial charge in [0.05, 0.1) is 17.8 Å². The molecule has 32 heavy (non-hydrogen) atoms. The van der Waals surface area contributed by atoms with Crippen LogP contribution in [0, 0.1) is 0 Å². The molecule has 164 valence electrons. The Labute approximate surface area is 186 Å². The van der Waals surface area contributed by atoms with Gasteiger partial charge in [0.1, 0.15) is 5.75 Å². The van der Waals surface area contributed by atoms with Crippen molar-refractivity contribution in [1.29, 1.82) is 0 Å². The van der Waals surface area contributed by atoms with Crippen LogP contribution in [-0.2, 0) is 6.42 Å². The lowest BCUT2D eigenvalue weighted by Crippen LogP contribution is -2.17. The smallest absolute Gasteiger partial charge is 0.493 e. The minimum Gasteiger partial charge on any atom is -0.493 e. The van der Waals surface area contributed by atoms with E-state index in [1.165, 1.54) is 12.8 Å². The van der Waals surface area contributed by atoms with Crippen LogP contribution in [-0.4, -0.2) is 35.9 Å². The molecule has 0 radical (unpaired) electrons. The van der Waals surface area contributed by atoms with Crippen molar-refractivity contribution in [2.45, 2.75) is 25.7 Å². The molecule has 0 bridgehead atoms. The molecule has 0 atom stereocenters. The van der Waals surface area contributed by atoms with Gasteiger partial charge in [0.15, 0.2) is 0 Å². The van der Waals surface area contributed by atoms with Crippen molar-refractivity contribution in [2.24, 2.45) is 0 Å². The van der Waals surface area contributed by atoms with Crippen LogP contribution < -0.4 is 14.4 Å². The average Bonchev–Trinajstić information content (AvgIpc) is 3.45. The number of nitrogens with one attached hydrogen (secondary N) is 1. The van der Waals surface area contributed by atoms with Gasteiger partial charge >= 0.3 is 6.16 Å². The topological polar surface area (TPSA) is 74.8 Å². The molecule has 0 spiro atoms. The molecule has 1 aliphatic rings. The molecule has 3 aromatic carbocycles. The SMILES string of the molecule is O=C(O)Oc1[nH]c2c(N3CCCC3)cccc2c1CCCOc1cccc2ccccc12. The van der Waals surface area contributed by atoms with Gasteiger partial charge in [-0.3, -0.25) is 0 Å². The zero-order valence-corrected chi connectivity index (χ0v) is 17.8. The predicted octanol–water partition coefficient (Wildman–Crippen LogP) is 5.99. The Morgan fingerprint density at radius 2 is 1.72 bits per heavy atom. The van der Waals surface area contributed by atoms with Crippen LogP contribution in [0.3, 0.4) is 0 Å². The number of rotatable bonds is 7. The number of benzene rings is 3. The lowest BCUT2D eigenvalue weighted by Gasteiger charge is -2.18. The van der Waals surface area contributed by atoms with Gasteiger partial charge in [-0.15, -0.1) is 0 Å². The highest BCUT2D eigenvalue weighted by Crippen LogP contribution is 2.36. The van der Waals surface area contributed by atoms with E-state index >= 15 is 0 Å². The van der Waals surface area contributed by atoms with Crippen LogP contribution in [0.4, 0.5) is 10.5 Å². The third kappa shape index (κ3) is 3.96. The summed E-state index contributed by atoms with van der Waals surface area (Å²) in [6.07, 6.45) is 2.42. The molecule has 1 fully saturated rings. The molecule has 1 aromatic heterocycles. The van der Waals surface area contributed by atoms with Gasteiger partial charge in [0, 0.05) is 29.4 Å². The molecule has 2 heterocycles. The average molecular weight is 431 g/mol. The lowest BCUT2D eigenvalue weighted by molar-refractivity contribution is 0.142. The molecule has 2 N–H and O–H groups in total. The van der Waals surface area contributed by atoms with Crippen LogP contribution in [0.1, 0.15) is 24.8 Å². The maximum atomic E-state index is 11.3. The molecule has 0 aliphatic carbocycles. The Kier molecular flexibility index (Phi) is 5.58. The summed E-state index contributed by atoms with van der Waals surface area (Å²) in [6, 6.07) is 20.4. The number of anilines is 1. The molecular formula is C26H26N2O4. The van der Waals surface area contributed by atoms with Crippen LogP contribution in [0.15, 0.2) is 60.7 Å². The zero-order valence-electron chi connectivity index (χ0n) is 17.8. The number of aromatic nitrogens is 1. The molecule has 6 nitrogen and oxygen atoms in total. The summed E-state index contributed by atoms with van der Waals surface area (Å²) in [7, 11) is 0. The van der Waals surface area contributed by atoms with Crippen molar-refractivity contribution < 1.29 is 19.4 Å². The van der Waals surface area contributed by atoms with Gasteiger partial charge in [0.2, 0.25) is 5.88 Å². The minimum atomic E-state index is -1.31. The fourth-order valence-electron chi connectivity index (χ4n) is 4.63. The number of fused-ring (bicyclic) bond motifs is 2. The van der Waals surface area contributed by atoms with Gasteiger partial charge in [-0.05, 0) is 43.2 Å². The first-order chi connectivity index (χ1) is 15.7. The first-order valence-electron chi connectivity index (χ1n) is 11.1. The van der Waals surface area contributed by atoms with E-state index in [1.807, 2.05) is 36.4 Å². The third-order valence-corrected chi connectivity index (χ3v) is 6.09. The number of nitrogens with zero attached hydrogens (tertiary/aromatic N) is 1. The largest absolute Gasteiger partial charge is 0.512 e. The van der Waals surface area contributed by atoms with Crippen molar-refractivity contribution in [1.82, 2.24) is 4.98 Å². The molecule has 1 aliphatic heterocycles. The summed E-state index contributed by atoms with van der Waals surface area (Å²) >= 11 is 0. The predicted molar refractivity (Wildman–Crippen MR) is 126 cm³/mol.